The molecule has 1 unspecified atom stereocenters. The zero-order chi connectivity index (χ0) is 13.4. The predicted molar refractivity (Wildman–Crippen MR) is 62.4 cm³/mol. The van der Waals surface area contributed by atoms with Crippen molar-refractivity contribution in [2.24, 2.45) is 0 Å². The van der Waals surface area contributed by atoms with Crippen LogP contribution in [0.2, 0.25) is 0 Å². The lowest BCUT2D eigenvalue weighted by molar-refractivity contribution is -0.123. The third kappa shape index (κ3) is 2.57. The van der Waals surface area contributed by atoms with Crippen LogP contribution in [0, 0.1) is 6.57 Å². The quantitative estimate of drug-likeness (QED) is 0.605. The Balaban J connectivity index is 2.90. The van der Waals surface area contributed by atoms with Gasteiger partial charge in [-0.25, -0.2) is 11.4 Å². The number of carbonyl (C=O) groups is 2. The summed E-state index contributed by atoms with van der Waals surface area (Å²) in [6, 6.07) is -0.766. The number of hydrogen-bond donors (Lipinski definition) is 0. The van der Waals surface area contributed by atoms with Crippen molar-refractivity contribution >= 4 is 11.9 Å². The molecule has 0 saturated carbocycles. The maximum absolute atomic E-state index is 11.9. The Morgan fingerprint density at radius 2 is 2.06 bits per heavy atom. The third-order valence-electron chi connectivity index (χ3n) is 2.71. The Labute approximate surface area is 102 Å². The summed E-state index contributed by atoms with van der Waals surface area (Å²) in [4.78, 5) is 28.4. The molecule has 1 atom stereocenters. The van der Waals surface area contributed by atoms with Crippen LogP contribution in [0.3, 0.4) is 0 Å². The molecular weight excluding hydrogens is 220 g/mol. The molecule has 0 aliphatic carbocycles. The zero-order valence-electron chi connectivity index (χ0n) is 10.9. The normalized spacial score (nSPS) is 23.4. The molecule has 0 radical (unpaired) electrons. The van der Waals surface area contributed by atoms with E-state index in [0.717, 1.165) is 0 Å². The van der Waals surface area contributed by atoms with Crippen LogP contribution in [0.1, 0.15) is 34.6 Å². The second-order valence-electron chi connectivity index (χ2n) is 5.66. The lowest BCUT2D eigenvalue weighted by Crippen LogP contribution is -2.48. The van der Waals surface area contributed by atoms with E-state index in [1.165, 1.54) is 4.90 Å². The number of likely N-dealkylation sites (tertiary alicyclic amines) is 1. The van der Waals surface area contributed by atoms with Gasteiger partial charge in [-0.3, -0.25) is 9.69 Å². The molecule has 0 aromatic rings. The number of nitrogens with zero attached hydrogens (tertiary/aromatic N) is 2. The van der Waals surface area contributed by atoms with E-state index in [1.54, 1.807) is 34.6 Å². The second kappa shape index (κ2) is 4.02. The highest BCUT2D eigenvalue weighted by atomic mass is 16.6. The summed E-state index contributed by atoms with van der Waals surface area (Å²) in [5, 5.41) is 0. The topological polar surface area (TPSA) is 51.0 Å². The summed E-state index contributed by atoms with van der Waals surface area (Å²) < 4.78 is 5.23. The van der Waals surface area contributed by atoms with Crippen LogP contribution >= 0.6 is 0 Å². The van der Waals surface area contributed by atoms with E-state index in [2.05, 4.69) is 4.85 Å². The number of hydrogen-bond acceptors (Lipinski definition) is 3. The van der Waals surface area contributed by atoms with E-state index in [0.29, 0.717) is 0 Å². The molecule has 0 bridgehead atoms. The largest absolute Gasteiger partial charge is 0.444 e. The number of ether oxygens (including phenoxy) is 1. The Morgan fingerprint density at radius 3 is 2.41 bits per heavy atom. The van der Waals surface area contributed by atoms with Crippen molar-refractivity contribution in [3.63, 3.8) is 0 Å². The summed E-state index contributed by atoms with van der Waals surface area (Å²) in [6.07, 6.45) is -0.540. The summed E-state index contributed by atoms with van der Waals surface area (Å²) in [6.45, 7) is 15.6. The molecule has 0 aromatic carbocycles. The van der Waals surface area contributed by atoms with Crippen LogP contribution in [0.4, 0.5) is 4.79 Å². The number of carbonyl (C=O) groups excluding carboxylic acids is 2. The van der Waals surface area contributed by atoms with Gasteiger partial charge in [-0.2, -0.15) is 0 Å². The van der Waals surface area contributed by atoms with Crippen LogP contribution in [-0.2, 0) is 9.53 Å². The van der Waals surface area contributed by atoms with Gasteiger partial charge in [-0.05, 0) is 34.6 Å². The summed E-state index contributed by atoms with van der Waals surface area (Å²) in [7, 11) is 0. The second-order valence-corrected chi connectivity index (χ2v) is 5.66. The highest BCUT2D eigenvalue weighted by molar-refractivity contribution is 5.99. The fourth-order valence-electron chi connectivity index (χ4n) is 1.74. The molecule has 5 nitrogen and oxygen atoms in total. The minimum Gasteiger partial charge on any atom is -0.444 e. The molecule has 1 rings (SSSR count). The Kier molecular flexibility index (Phi) is 3.19. The first-order valence-electron chi connectivity index (χ1n) is 5.51. The van der Waals surface area contributed by atoms with Gasteiger partial charge in [0.15, 0.2) is 0 Å². The molecule has 1 amide bonds. The van der Waals surface area contributed by atoms with Gasteiger partial charge in [-0.1, -0.05) is 0 Å². The lowest BCUT2D eigenvalue weighted by atomic mass is 9.99. The predicted octanol–water partition coefficient (Wildman–Crippen LogP) is 1.87. The molecule has 1 heterocycles. The van der Waals surface area contributed by atoms with Gasteiger partial charge in [0.25, 0.3) is 0 Å². The Hall–Kier alpha value is -1.57. The Bertz CT molecular complexity index is 388. The average Bonchev–Trinajstić information content (AvgIpc) is 2.36. The molecule has 17 heavy (non-hydrogen) atoms. The average molecular weight is 238 g/mol. The highest BCUT2D eigenvalue weighted by Crippen LogP contribution is 2.28. The van der Waals surface area contributed by atoms with Gasteiger partial charge in [0, 0.05) is 0 Å². The molecule has 1 aliphatic rings. The molecule has 0 spiro atoms. The summed E-state index contributed by atoms with van der Waals surface area (Å²) in [5.74, 6) is -0.224. The number of rotatable bonds is 0. The van der Waals surface area contributed by atoms with E-state index in [-0.39, 0.29) is 12.3 Å². The van der Waals surface area contributed by atoms with E-state index in [1.807, 2.05) is 0 Å². The van der Waals surface area contributed by atoms with Crippen molar-refractivity contribution in [3.8, 4) is 0 Å². The van der Waals surface area contributed by atoms with Crippen molar-refractivity contribution in [1.29, 1.82) is 0 Å². The Morgan fingerprint density at radius 1 is 1.53 bits per heavy atom. The number of amides is 1. The lowest BCUT2D eigenvalue weighted by Gasteiger charge is -2.31. The van der Waals surface area contributed by atoms with Gasteiger partial charge < -0.3 is 9.58 Å². The van der Waals surface area contributed by atoms with Gasteiger partial charge >= 0.3 is 12.1 Å². The molecule has 0 N–H and O–H groups in total. The first-order valence-corrected chi connectivity index (χ1v) is 5.51. The maximum Gasteiger partial charge on any atom is 0.411 e. The SMILES string of the molecule is [C-]#[N+]C1CN(C(=O)OC(C)(C)C)C(C)(C)C1=O. The van der Waals surface area contributed by atoms with Gasteiger partial charge in [0.1, 0.15) is 17.7 Å². The standard InChI is InChI=1S/C12H18N2O3/c1-11(2,3)17-10(16)14-7-8(13-6)9(15)12(14,4)5/h8H,7H2,1-5H3. The van der Waals surface area contributed by atoms with E-state index < -0.39 is 23.3 Å². The first kappa shape index (κ1) is 13.5. The van der Waals surface area contributed by atoms with Crippen LogP contribution in [-0.4, -0.2) is 40.5 Å². The molecule has 94 valence electrons. The molecule has 5 heteroatoms. The van der Waals surface area contributed by atoms with Gasteiger partial charge in [-0.15, -0.1) is 0 Å². The van der Waals surface area contributed by atoms with Crippen molar-refractivity contribution in [2.45, 2.75) is 51.8 Å². The number of ketones is 1. The third-order valence-corrected chi connectivity index (χ3v) is 2.71. The molecular formula is C12H18N2O3. The van der Waals surface area contributed by atoms with Crippen LogP contribution in [0.5, 0.6) is 0 Å². The minimum absolute atomic E-state index is 0.115. The summed E-state index contributed by atoms with van der Waals surface area (Å²) in [5.41, 5.74) is -1.57. The van der Waals surface area contributed by atoms with E-state index in [4.69, 9.17) is 11.3 Å². The van der Waals surface area contributed by atoms with Crippen molar-refractivity contribution < 1.29 is 14.3 Å². The molecule has 0 aromatic heterocycles. The van der Waals surface area contributed by atoms with Crippen LogP contribution < -0.4 is 0 Å². The molecule has 1 aliphatic heterocycles. The van der Waals surface area contributed by atoms with Crippen molar-refractivity contribution in [3.05, 3.63) is 11.4 Å². The highest BCUT2D eigenvalue weighted by Gasteiger charge is 2.53. The smallest absolute Gasteiger partial charge is 0.411 e. The molecule has 1 saturated heterocycles. The first-order chi connectivity index (χ1) is 7.59. The maximum atomic E-state index is 11.9. The van der Waals surface area contributed by atoms with Gasteiger partial charge in [0.2, 0.25) is 5.78 Å². The van der Waals surface area contributed by atoms with Gasteiger partial charge in [0.05, 0.1) is 0 Å². The minimum atomic E-state index is -0.961. The van der Waals surface area contributed by atoms with Crippen LogP contribution in [0.15, 0.2) is 0 Å². The van der Waals surface area contributed by atoms with Crippen LogP contribution in [0.25, 0.3) is 4.85 Å². The zero-order valence-corrected chi connectivity index (χ0v) is 10.9. The van der Waals surface area contributed by atoms with E-state index in [9.17, 15) is 9.59 Å². The van der Waals surface area contributed by atoms with Crippen molar-refractivity contribution in [2.75, 3.05) is 6.54 Å². The molecule has 1 fully saturated rings. The summed E-state index contributed by atoms with van der Waals surface area (Å²) >= 11 is 0. The fourth-order valence-corrected chi connectivity index (χ4v) is 1.74. The number of Topliss-reactive ketones (excluding diaryl/α,β-unsaturated/α-hetero) is 1. The fraction of sp³-hybridized carbons (Fsp3) is 0.750. The van der Waals surface area contributed by atoms with Crippen molar-refractivity contribution in [1.82, 2.24) is 4.90 Å². The van der Waals surface area contributed by atoms with E-state index >= 15 is 0 Å². The monoisotopic (exact) mass is 238 g/mol.